The molecule has 0 amide bonds. The van der Waals surface area contributed by atoms with E-state index in [0.29, 0.717) is 17.1 Å². The van der Waals surface area contributed by atoms with Gasteiger partial charge in [0.1, 0.15) is 0 Å². The summed E-state index contributed by atoms with van der Waals surface area (Å²) in [5, 5.41) is 17.0. The summed E-state index contributed by atoms with van der Waals surface area (Å²) in [6.07, 6.45) is 2.09. The standard InChI is InChI=1S/C11H9ClIN3O2/c12-9-5-7(13)1-3-10(9)16-6-8(14-15-16)2-4-11(17)18/h1,3,5-6H,2,4H2,(H,17,18). The van der Waals surface area contributed by atoms with Crippen molar-refractivity contribution in [3.63, 3.8) is 0 Å². The Morgan fingerprint density at radius 1 is 1.50 bits per heavy atom. The molecule has 0 radical (unpaired) electrons. The van der Waals surface area contributed by atoms with Gasteiger partial charge in [-0.15, -0.1) is 5.10 Å². The summed E-state index contributed by atoms with van der Waals surface area (Å²) < 4.78 is 2.59. The summed E-state index contributed by atoms with van der Waals surface area (Å²) in [4.78, 5) is 10.5. The van der Waals surface area contributed by atoms with E-state index in [9.17, 15) is 4.79 Å². The van der Waals surface area contributed by atoms with E-state index in [4.69, 9.17) is 16.7 Å². The number of nitrogens with zero attached hydrogens (tertiary/aromatic N) is 3. The van der Waals surface area contributed by atoms with Crippen molar-refractivity contribution in [3.05, 3.63) is 38.7 Å². The predicted octanol–water partition coefficient (Wildman–Crippen LogP) is 2.54. The number of aliphatic carboxylic acids is 1. The van der Waals surface area contributed by atoms with E-state index in [1.165, 1.54) is 0 Å². The zero-order chi connectivity index (χ0) is 13.1. The molecule has 18 heavy (non-hydrogen) atoms. The number of carboxylic acid groups (broad SMARTS) is 1. The molecule has 0 saturated carbocycles. The van der Waals surface area contributed by atoms with Crippen molar-refractivity contribution in [3.8, 4) is 5.69 Å². The fourth-order valence-corrected chi connectivity index (χ4v) is 2.38. The van der Waals surface area contributed by atoms with Gasteiger partial charge in [-0.2, -0.15) is 0 Å². The second-order valence-electron chi connectivity index (χ2n) is 3.64. The van der Waals surface area contributed by atoms with Crippen molar-refractivity contribution in [1.82, 2.24) is 15.0 Å². The van der Waals surface area contributed by atoms with E-state index in [2.05, 4.69) is 32.9 Å². The van der Waals surface area contributed by atoms with Crippen LogP contribution in [0.3, 0.4) is 0 Å². The molecule has 1 N–H and O–H groups in total. The molecule has 0 aliphatic heterocycles. The van der Waals surface area contributed by atoms with Crippen LogP contribution in [-0.4, -0.2) is 26.1 Å². The van der Waals surface area contributed by atoms with Crippen molar-refractivity contribution in [2.75, 3.05) is 0 Å². The Labute approximate surface area is 122 Å². The third-order valence-corrected chi connectivity index (χ3v) is 3.27. The van der Waals surface area contributed by atoms with Gasteiger partial charge in [0.05, 0.1) is 29.0 Å². The van der Waals surface area contributed by atoms with Crippen LogP contribution in [0, 0.1) is 3.57 Å². The highest BCUT2D eigenvalue weighted by atomic mass is 127. The molecule has 0 spiro atoms. The Hall–Kier alpha value is -1.15. The summed E-state index contributed by atoms with van der Waals surface area (Å²) in [5.41, 5.74) is 1.36. The monoisotopic (exact) mass is 377 g/mol. The molecule has 0 aliphatic carbocycles. The average Bonchev–Trinajstić information content (AvgIpc) is 2.75. The smallest absolute Gasteiger partial charge is 0.303 e. The van der Waals surface area contributed by atoms with Gasteiger partial charge in [-0.05, 0) is 40.8 Å². The highest BCUT2D eigenvalue weighted by molar-refractivity contribution is 14.1. The molecule has 0 atom stereocenters. The lowest BCUT2D eigenvalue weighted by atomic mass is 10.2. The minimum absolute atomic E-state index is 0.0408. The van der Waals surface area contributed by atoms with Crippen LogP contribution >= 0.6 is 34.2 Å². The molecule has 1 heterocycles. The highest BCUT2D eigenvalue weighted by Gasteiger charge is 2.08. The molecule has 0 fully saturated rings. The van der Waals surface area contributed by atoms with Gasteiger partial charge in [0.25, 0.3) is 0 Å². The molecule has 2 rings (SSSR count). The molecule has 2 aromatic rings. The molecule has 1 aromatic carbocycles. The van der Waals surface area contributed by atoms with Crippen LogP contribution in [0.1, 0.15) is 12.1 Å². The van der Waals surface area contributed by atoms with Crippen LogP contribution < -0.4 is 0 Å². The van der Waals surface area contributed by atoms with Crippen LogP contribution in [0.4, 0.5) is 0 Å². The van der Waals surface area contributed by atoms with E-state index in [1.807, 2.05) is 18.2 Å². The Morgan fingerprint density at radius 3 is 2.94 bits per heavy atom. The quantitative estimate of drug-likeness (QED) is 0.832. The van der Waals surface area contributed by atoms with Crippen LogP contribution in [-0.2, 0) is 11.2 Å². The van der Waals surface area contributed by atoms with Gasteiger partial charge in [0.2, 0.25) is 0 Å². The maximum Gasteiger partial charge on any atom is 0.303 e. The molecular formula is C11H9ClIN3O2. The molecule has 0 aliphatic rings. The molecular weight excluding hydrogens is 368 g/mol. The van der Waals surface area contributed by atoms with E-state index >= 15 is 0 Å². The number of carboxylic acids is 1. The summed E-state index contributed by atoms with van der Waals surface area (Å²) in [7, 11) is 0. The average molecular weight is 378 g/mol. The molecule has 5 nitrogen and oxygen atoms in total. The number of rotatable bonds is 4. The number of hydrogen-bond donors (Lipinski definition) is 1. The largest absolute Gasteiger partial charge is 0.481 e. The third kappa shape index (κ3) is 3.20. The van der Waals surface area contributed by atoms with Crippen LogP contribution in [0.5, 0.6) is 0 Å². The minimum atomic E-state index is -0.850. The number of benzene rings is 1. The van der Waals surface area contributed by atoms with E-state index in [0.717, 1.165) is 9.26 Å². The molecule has 0 saturated heterocycles. The summed E-state index contributed by atoms with van der Waals surface area (Å²) in [6, 6.07) is 5.59. The first-order valence-electron chi connectivity index (χ1n) is 5.14. The van der Waals surface area contributed by atoms with Gasteiger partial charge in [-0.25, -0.2) is 4.68 Å². The summed E-state index contributed by atoms with van der Waals surface area (Å²) >= 11 is 8.29. The fraction of sp³-hybridized carbons (Fsp3) is 0.182. The number of hydrogen-bond acceptors (Lipinski definition) is 3. The SMILES string of the molecule is O=C(O)CCc1cn(-c2ccc(I)cc2Cl)nn1. The normalized spacial score (nSPS) is 10.6. The van der Waals surface area contributed by atoms with Gasteiger partial charge in [-0.1, -0.05) is 16.8 Å². The van der Waals surface area contributed by atoms with Crippen molar-refractivity contribution in [2.24, 2.45) is 0 Å². The van der Waals surface area contributed by atoms with Crippen LogP contribution in [0.25, 0.3) is 5.69 Å². The molecule has 0 unspecified atom stereocenters. The summed E-state index contributed by atoms with van der Waals surface area (Å²) in [6.45, 7) is 0. The topological polar surface area (TPSA) is 68.0 Å². The van der Waals surface area contributed by atoms with Crippen molar-refractivity contribution in [1.29, 1.82) is 0 Å². The van der Waals surface area contributed by atoms with Gasteiger partial charge in [0, 0.05) is 9.99 Å². The predicted molar refractivity (Wildman–Crippen MR) is 75.0 cm³/mol. The number of aromatic nitrogens is 3. The van der Waals surface area contributed by atoms with Crippen LogP contribution in [0.15, 0.2) is 24.4 Å². The zero-order valence-electron chi connectivity index (χ0n) is 9.18. The van der Waals surface area contributed by atoms with Crippen LogP contribution in [0.2, 0.25) is 5.02 Å². The fourth-order valence-electron chi connectivity index (χ4n) is 1.43. The first-order valence-corrected chi connectivity index (χ1v) is 6.60. The number of aryl methyl sites for hydroxylation is 1. The molecule has 94 valence electrons. The van der Waals surface area contributed by atoms with Gasteiger partial charge < -0.3 is 5.11 Å². The lowest BCUT2D eigenvalue weighted by Crippen LogP contribution is -1.97. The van der Waals surface area contributed by atoms with E-state index in [1.54, 1.807) is 10.9 Å². The van der Waals surface area contributed by atoms with Crippen molar-refractivity contribution >= 4 is 40.2 Å². The highest BCUT2D eigenvalue weighted by Crippen LogP contribution is 2.22. The van der Waals surface area contributed by atoms with Gasteiger partial charge in [-0.3, -0.25) is 4.79 Å². The Bertz CT molecular complexity index is 585. The van der Waals surface area contributed by atoms with E-state index in [-0.39, 0.29) is 6.42 Å². The molecule has 0 bridgehead atoms. The summed E-state index contributed by atoms with van der Waals surface area (Å²) in [5.74, 6) is -0.850. The first kappa shape index (κ1) is 13.3. The maximum atomic E-state index is 10.5. The van der Waals surface area contributed by atoms with Crippen molar-refractivity contribution < 1.29 is 9.90 Å². The number of halogens is 2. The van der Waals surface area contributed by atoms with Gasteiger partial charge >= 0.3 is 5.97 Å². The molecule has 1 aromatic heterocycles. The Kier molecular flexibility index (Phi) is 4.18. The first-order chi connectivity index (χ1) is 8.56. The van der Waals surface area contributed by atoms with Gasteiger partial charge in [0.15, 0.2) is 0 Å². The second kappa shape index (κ2) is 5.66. The minimum Gasteiger partial charge on any atom is -0.481 e. The second-order valence-corrected chi connectivity index (χ2v) is 5.30. The van der Waals surface area contributed by atoms with E-state index < -0.39 is 5.97 Å². The third-order valence-electron chi connectivity index (χ3n) is 2.29. The lowest BCUT2D eigenvalue weighted by molar-refractivity contribution is -0.136. The Morgan fingerprint density at radius 2 is 2.28 bits per heavy atom. The Balaban J connectivity index is 2.21. The lowest BCUT2D eigenvalue weighted by Gasteiger charge is -2.02. The maximum absolute atomic E-state index is 10.5. The zero-order valence-corrected chi connectivity index (χ0v) is 12.1. The number of carbonyl (C=O) groups is 1. The van der Waals surface area contributed by atoms with Crippen molar-refractivity contribution in [2.45, 2.75) is 12.8 Å². The molecule has 7 heteroatoms.